The van der Waals surface area contributed by atoms with Crippen LogP contribution < -0.4 is 5.32 Å². The molecule has 1 atom stereocenters. The minimum Gasteiger partial charge on any atom is -0.396 e. The third-order valence-corrected chi connectivity index (χ3v) is 5.41. The molecule has 2 heteroatoms. The summed E-state index contributed by atoms with van der Waals surface area (Å²) < 4.78 is 0. The van der Waals surface area contributed by atoms with Gasteiger partial charge in [-0.2, -0.15) is 0 Å². The van der Waals surface area contributed by atoms with Crippen LogP contribution in [0.25, 0.3) is 0 Å². The van der Waals surface area contributed by atoms with Gasteiger partial charge in [0.15, 0.2) is 0 Å². The number of unbranched alkanes of at least 4 members (excludes halogenated alkanes) is 15. The fourth-order valence-corrected chi connectivity index (χ4v) is 3.62. The average molecular weight is 386 g/mol. The highest BCUT2D eigenvalue weighted by molar-refractivity contribution is 4.55. The third kappa shape index (κ3) is 30.9. The fraction of sp³-hybridized carbons (Fsp3) is 1.00. The zero-order valence-corrected chi connectivity index (χ0v) is 19.7. The van der Waals surface area contributed by atoms with Crippen LogP contribution in [-0.2, 0) is 0 Å². The van der Waals surface area contributed by atoms with Crippen LogP contribution in [0.5, 0.6) is 0 Å². The first kappa shape index (κ1) is 29.1. The van der Waals surface area contributed by atoms with Gasteiger partial charge in [-0.1, -0.05) is 123 Å². The Kier molecular flexibility index (Phi) is 30.3. The Balaban J connectivity index is 0. The summed E-state index contributed by atoms with van der Waals surface area (Å²) in [4.78, 5) is 0. The van der Waals surface area contributed by atoms with Crippen molar-refractivity contribution in [2.45, 2.75) is 136 Å². The summed E-state index contributed by atoms with van der Waals surface area (Å²) in [6, 6.07) is 0. The van der Waals surface area contributed by atoms with Gasteiger partial charge in [-0.05, 0) is 32.9 Å². The highest BCUT2D eigenvalue weighted by atomic mass is 16.2. The van der Waals surface area contributed by atoms with Crippen molar-refractivity contribution in [2.24, 2.45) is 5.92 Å². The van der Waals surface area contributed by atoms with Gasteiger partial charge in [0.05, 0.1) is 0 Å². The van der Waals surface area contributed by atoms with Crippen molar-refractivity contribution in [3.05, 3.63) is 0 Å². The van der Waals surface area contributed by atoms with E-state index >= 15 is 0 Å². The van der Waals surface area contributed by atoms with Crippen LogP contribution in [0.1, 0.15) is 136 Å². The first-order valence-corrected chi connectivity index (χ1v) is 12.4. The van der Waals surface area contributed by atoms with E-state index in [0.29, 0.717) is 6.61 Å². The molecule has 0 fully saturated rings. The lowest BCUT2D eigenvalue weighted by Gasteiger charge is -2.09. The van der Waals surface area contributed by atoms with E-state index in [1.54, 1.807) is 0 Å². The Morgan fingerprint density at radius 2 is 0.852 bits per heavy atom. The van der Waals surface area contributed by atoms with Crippen molar-refractivity contribution in [1.82, 2.24) is 5.32 Å². The van der Waals surface area contributed by atoms with Crippen molar-refractivity contribution in [3.63, 3.8) is 0 Å². The molecule has 0 spiro atoms. The molecule has 2 nitrogen and oxygen atoms in total. The molecule has 0 aromatic carbocycles. The lowest BCUT2D eigenvalue weighted by molar-refractivity contribution is 0.270. The van der Waals surface area contributed by atoms with Crippen LogP contribution in [0.3, 0.4) is 0 Å². The van der Waals surface area contributed by atoms with E-state index in [2.05, 4.69) is 19.2 Å². The molecule has 1 unspecified atom stereocenters. The summed E-state index contributed by atoms with van der Waals surface area (Å²) in [6.07, 6.45) is 26.7. The molecule has 0 aromatic heterocycles. The molecule has 0 radical (unpaired) electrons. The zero-order valence-electron chi connectivity index (χ0n) is 19.7. The Morgan fingerprint density at radius 3 is 1.19 bits per heavy atom. The molecular weight excluding hydrogens is 330 g/mol. The smallest absolute Gasteiger partial charge is 0.0431 e. The number of hydrogen-bond donors (Lipinski definition) is 2. The van der Waals surface area contributed by atoms with E-state index in [0.717, 1.165) is 12.3 Å². The van der Waals surface area contributed by atoms with Crippen molar-refractivity contribution < 1.29 is 5.11 Å². The molecule has 0 amide bonds. The van der Waals surface area contributed by atoms with Crippen molar-refractivity contribution in [1.29, 1.82) is 0 Å². The lowest BCUT2D eigenvalue weighted by atomic mass is 9.97. The predicted molar refractivity (Wildman–Crippen MR) is 125 cm³/mol. The van der Waals surface area contributed by atoms with Gasteiger partial charge in [0.25, 0.3) is 0 Å². The third-order valence-electron chi connectivity index (χ3n) is 5.41. The van der Waals surface area contributed by atoms with Crippen molar-refractivity contribution in [3.8, 4) is 0 Å². The Morgan fingerprint density at radius 1 is 0.556 bits per heavy atom. The van der Waals surface area contributed by atoms with E-state index in [1.165, 1.54) is 116 Å². The van der Waals surface area contributed by atoms with E-state index in [9.17, 15) is 0 Å². The van der Waals surface area contributed by atoms with Crippen LogP contribution >= 0.6 is 0 Å². The Hall–Kier alpha value is -0.0800. The summed E-state index contributed by atoms with van der Waals surface area (Å²) in [6.45, 7) is 4.99. The van der Waals surface area contributed by atoms with Crippen LogP contribution in [0.4, 0.5) is 0 Å². The SMILES string of the molecule is CCCCCCCCCCCCCCCCCCC(C)CCCO.CNC. The highest BCUT2D eigenvalue weighted by Crippen LogP contribution is 2.17. The summed E-state index contributed by atoms with van der Waals surface area (Å²) in [7, 11) is 3.75. The fourth-order valence-electron chi connectivity index (χ4n) is 3.62. The minimum atomic E-state index is 0.364. The maximum atomic E-state index is 8.83. The number of aliphatic hydroxyl groups is 1. The zero-order chi connectivity index (χ0) is 20.4. The Labute approximate surface area is 173 Å². The average Bonchev–Trinajstić information content (AvgIpc) is 2.66. The standard InChI is InChI=1S/C23H48O.C2H7N/c1-3-4-5-6-7-8-9-10-11-12-13-14-15-16-17-18-20-23(2)21-19-22-24;1-3-2/h23-24H,3-22H2,1-2H3;3H,1-2H3. The molecule has 0 aliphatic heterocycles. The summed E-state index contributed by atoms with van der Waals surface area (Å²) >= 11 is 0. The first-order valence-electron chi connectivity index (χ1n) is 12.4. The van der Waals surface area contributed by atoms with Crippen LogP contribution in [0.15, 0.2) is 0 Å². The summed E-state index contributed by atoms with van der Waals surface area (Å²) in [5.41, 5.74) is 0. The van der Waals surface area contributed by atoms with Gasteiger partial charge in [0, 0.05) is 6.61 Å². The number of aliphatic hydroxyl groups excluding tert-OH is 1. The summed E-state index contributed by atoms with van der Waals surface area (Å²) in [5.74, 6) is 0.809. The van der Waals surface area contributed by atoms with Crippen LogP contribution in [0.2, 0.25) is 0 Å². The largest absolute Gasteiger partial charge is 0.396 e. The minimum absolute atomic E-state index is 0.364. The maximum Gasteiger partial charge on any atom is 0.0431 e. The van der Waals surface area contributed by atoms with Crippen LogP contribution in [0, 0.1) is 5.92 Å². The molecule has 0 aromatic rings. The van der Waals surface area contributed by atoms with E-state index in [4.69, 9.17) is 5.11 Å². The van der Waals surface area contributed by atoms with E-state index in [-0.39, 0.29) is 0 Å². The molecule has 2 N–H and O–H groups in total. The molecule has 0 aliphatic carbocycles. The molecule has 27 heavy (non-hydrogen) atoms. The maximum absolute atomic E-state index is 8.83. The topological polar surface area (TPSA) is 32.3 Å². The monoisotopic (exact) mass is 385 g/mol. The molecule has 0 saturated heterocycles. The second-order valence-corrected chi connectivity index (χ2v) is 8.56. The van der Waals surface area contributed by atoms with Crippen LogP contribution in [-0.4, -0.2) is 25.8 Å². The number of rotatable bonds is 20. The number of hydrogen-bond acceptors (Lipinski definition) is 2. The van der Waals surface area contributed by atoms with Gasteiger partial charge in [0.1, 0.15) is 0 Å². The summed E-state index contributed by atoms with van der Waals surface area (Å²) in [5, 5.41) is 11.6. The second-order valence-electron chi connectivity index (χ2n) is 8.56. The quantitative estimate of drug-likeness (QED) is 0.209. The lowest BCUT2D eigenvalue weighted by Crippen LogP contribution is -1.96. The normalized spacial score (nSPS) is 11.9. The molecule has 0 rings (SSSR count). The Bertz CT molecular complexity index is 232. The number of nitrogens with one attached hydrogen (secondary N) is 1. The predicted octanol–water partition coefficient (Wildman–Crippen LogP) is 7.88. The molecule has 0 bridgehead atoms. The molecule has 0 aliphatic rings. The second kappa shape index (κ2) is 28.1. The highest BCUT2D eigenvalue weighted by Gasteiger charge is 2.01. The van der Waals surface area contributed by atoms with E-state index < -0.39 is 0 Å². The van der Waals surface area contributed by atoms with Gasteiger partial charge in [-0.3, -0.25) is 0 Å². The van der Waals surface area contributed by atoms with Gasteiger partial charge in [-0.25, -0.2) is 0 Å². The van der Waals surface area contributed by atoms with Gasteiger partial charge in [-0.15, -0.1) is 0 Å². The van der Waals surface area contributed by atoms with Gasteiger partial charge >= 0.3 is 0 Å². The molecular formula is C25H55NO. The molecule has 0 heterocycles. The van der Waals surface area contributed by atoms with Crippen molar-refractivity contribution in [2.75, 3.05) is 20.7 Å². The molecule has 166 valence electrons. The molecule has 0 saturated carbocycles. The van der Waals surface area contributed by atoms with Gasteiger partial charge in [0.2, 0.25) is 0 Å². The van der Waals surface area contributed by atoms with Crippen molar-refractivity contribution >= 4 is 0 Å². The van der Waals surface area contributed by atoms with Gasteiger partial charge < -0.3 is 10.4 Å². The van der Waals surface area contributed by atoms with E-state index in [1.807, 2.05) is 14.1 Å². The first-order chi connectivity index (χ1) is 13.2.